The number of nitrogens with zero attached hydrogens (tertiary/aromatic N) is 6. The molecule has 146 valence electrons. The minimum atomic E-state index is -0.214. The normalized spacial score (nSPS) is 20.7. The fourth-order valence-corrected chi connectivity index (χ4v) is 3.62. The van der Waals surface area contributed by atoms with Crippen molar-refractivity contribution in [1.29, 1.82) is 0 Å². The molecule has 0 amide bonds. The van der Waals surface area contributed by atoms with Gasteiger partial charge in [0.25, 0.3) is 0 Å². The standard InChI is InChI=1S/C19H22FN7O/c20-14-5-1-12(2-6-14)9-26-7-8-28-15(10-26)11-27-19-16(24-25-27)17(21)22-18(23-19)13-3-4-13/h1-2,5-6,13,15H,3-4,7-11H2,(H2,21,22,23). The molecule has 1 atom stereocenters. The first-order valence-corrected chi connectivity index (χ1v) is 9.61. The third-order valence-electron chi connectivity index (χ3n) is 5.27. The quantitative estimate of drug-likeness (QED) is 0.717. The number of aromatic nitrogens is 5. The third kappa shape index (κ3) is 3.55. The fraction of sp³-hybridized carbons (Fsp3) is 0.474. The largest absolute Gasteiger partial charge is 0.382 e. The Balaban J connectivity index is 1.31. The molecule has 0 radical (unpaired) electrons. The highest BCUT2D eigenvalue weighted by Crippen LogP contribution is 2.38. The Morgan fingerprint density at radius 2 is 2.00 bits per heavy atom. The first kappa shape index (κ1) is 17.4. The fourth-order valence-electron chi connectivity index (χ4n) is 3.62. The van der Waals surface area contributed by atoms with Crippen LogP contribution in [0, 0.1) is 5.82 Å². The average molecular weight is 383 g/mol. The number of hydrogen-bond donors (Lipinski definition) is 1. The summed E-state index contributed by atoms with van der Waals surface area (Å²) in [5, 5.41) is 8.39. The van der Waals surface area contributed by atoms with Gasteiger partial charge in [-0.15, -0.1) is 5.10 Å². The first-order chi connectivity index (χ1) is 13.7. The topological polar surface area (TPSA) is 95.0 Å². The molecule has 1 aliphatic carbocycles. The van der Waals surface area contributed by atoms with E-state index in [1.807, 2.05) is 12.1 Å². The van der Waals surface area contributed by atoms with Crippen molar-refractivity contribution in [3.8, 4) is 0 Å². The molecule has 2 aromatic heterocycles. The molecule has 1 aromatic carbocycles. The van der Waals surface area contributed by atoms with Crippen molar-refractivity contribution in [2.75, 3.05) is 25.4 Å². The molecule has 1 saturated heterocycles. The molecule has 2 fully saturated rings. The highest BCUT2D eigenvalue weighted by molar-refractivity contribution is 5.80. The summed E-state index contributed by atoms with van der Waals surface area (Å²) in [4.78, 5) is 11.3. The lowest BCUT2D eigenvalue weighted by atomic mass is 10.2. The lowest BCUT2D eigenvalue weighted by Gasteiger charge is -2.32. The van der Waals surface area contributed by atoms with Gasteiger partial charge in [0, 0.05) is 25.6 Å². The van der Waals surface area contributed by atoms with Gasteiger partial charge in [-0.3, -0.25) is 4.90 Å². The molecule has 3 aromatic rings. The number of hydrogen-bond acceptors (Lipinski definition) is 7. The minimum absolute atomic E-state index is 0.0281. The second-order valence-electron chi connectivity index (χ2n) is 7.54. The van der Waals surface area contributed by atoms with E-state index < -0.39 is 0 Å². The van der Waals surface area contributed by atoms with Crippen LogP contribution in [0.1, 0.15) is 30.1 Å². The predicted molar refractivity (Wildman–Crippen MR) is 101 cm³/mol. The first-order valence-electron chi connectivity index (χ1n) is 9.61. The van der Waals surface area contributed by atoms with Crippen LogP contribution >= 0.6 is 0 Å². The van der Waals surface area contributed by atoms with E-state index in [9.17, 15) is 4.39 Å². The SMILES string of the molecule is Nc1nc(C2CC2)nc2c1nnn2CC1CN(Cc2ccc(F)cc2)CCO1. The van der Waals surface area contributed by atoms with Gasteiger partial charge in [0.1, 0.15) is 11.6 Å². The second kappa shape index (κ2) is 7.06. The van der Waals surface area contributed by atoms with Crippen molar-refractivity contribution >= 4 is 17.0 Å². The van der Waals surface area contributed by atoms with Crippen molar-refractivity contribution in [2.24, 2.45) is 0 Å². The van der Waals surface area contributed by atoms with E-state index in [2.05, 4.69) is 25.2 Å². The van der Waals surface area contributed by atoms with Crippen molar-refractivity contribution < 1.29 is 9.13 Å². The van der Waals surface area contributed by atoms with Crippen LogP contribution < -0.4 is 5.73 Å². The van der Waals surface area contributed by atoms with Crippen LogP contribution in [0.4, 0.5) is 10.2 Å². The molecule has 1 aliphatic heterocycles. The number of halogens is 1. The van der Waals surface area contributed by atoms with E-state index in [1.165, 1.54) is 12.1 Å². The summed E-state index contributed by atoms with van der Waals surface area (Å²) in [7, 11) is 0. The van der Waals surface area contributed by atoms with Crippen LogP contribution in [0.15, 0.2) is 24.3 Å². The van der Waals surface area contributed by atoms with E-state index in [0.717, 1.165) is 43.9 Å². The van der Waals surface area contributed by atoms with E-state index in [1.54, 1.807) is 4.68 Å². The maximum atomic E-state index is 13.1. The van der Waals surface area contributed by atoms with Crippen LogP contribution in [-0.2, 0) is 17.8 Å². The number of anilines is 1. The molecular weight excluding hydrogens is 361 g/mol. The van der Waals surface area contributed by atoms with Gasteiger partial charge in [-0.2, -0.15) is 0 Å². The van der Waals surface area contributed by atoms with E-state index >= 15 is 0 Å². The van der Waals surface area contributed by atoms with Crippen LogP contribution in [0.3, 0.4) is 0 Å². The molecule has 0 bridgehead atoms. The molecule has 0 spiro atoms. The van der Waals surface area contributed by atoms with Gasteiger partial charge in [0.15, 0.2) is 17.0 Å². The number of fused-ring (bicyclic) bond motifs is 1. The Hall–Kier alpha value is -2.65. The Morgan fingerprint density at radius 1 is 1.18 bits per heavy atom. The summed E-state index contributed by atoms with van der Waals surface area (Å²) in [5.74, 6) is 1.37. The Labute approximate surface area is 161 Å². The van der Waals surface area contributed by atoms with Crippen molar-refractivity contribution in [1.82, 2.24) is 29.9 Å². The highest BCUT2D eigenvalue weighted by Gasteiger charge is 2.29. The number of morpholine rings is 1. The van der Waals surface area contributed by atoms with Gasteiger partial charge in [0.05, 0.1) is 19.3 Å². The van der Waals surface area contributed by atoms with Gasteiger partial charge in [-0.1, -0.05) is 17.3 Å². The van der Waals surface area contributed by atoms with Crippen LogP contribution in [0.25, 0.3) is 11.2 Å². The summed E-state index contributed by atoms with van der Waals surface area (Å²) < 4.78 is 20.8. The predicted octanol–water partition coefficient (Wildman–Crippen LogP) is 1.72. The Kier molecular flexibility index (Phi) is 4.40. The van der Waals surface area contributed by atoms with Gasteiger partial charge >= 0.3 is 0 Å². The second-order valence-corrected chi connectivity index (χ2v) is 7.54. The molecular formula is C19H22FN7O. The molecule has 9 heteroatoms. The molecule has 8 nitrogen and oxygen atoms in total. The van der Waals surface area contributed by atoms with Crippen molar-refractivity contribution in [2.45, 2.75) is 38.0 Å². The lowest BCUT2D eigenvalue weighted by Crippen LogP contribution is -2.43. The van der Waals surface area contributed by atoms with Crippen molar-refractivity contribution in [3.63, 3.8) is 0 Å². The Morgan fingerprint density at radius 3 is 2.79 bits per heavy atom. The molecule has 1 unspecified atom stereocenters. The number of benzene rings is 1. The number of ether oxygens (including phenoxy) is 1. The van der Waals surface area contributed by atoms with E-state index in [-0.39, 0.29) is 11.9 Å². The van der Waals surface area contributed by atoms with Crippen LogP contribution in [0.2, 0.25) is 0 Å². The van der Waals surface area contributed by atoms with Gasteiger partial charge < -0.3 is 10.5 Å². The van der Waals surface area contributed by atoms with E-state index in [4.69, 9.17) is 10.5 Å². The summed E-state index contributed by atoms with van der Waals surface area (Å²) in [6, 6.07) is 6.64. The average Bonchev–Trinajstić information content (AvgIpc) is 3.46. The van der Waals surface area contributed by atoms with Crippen LogP contribution in [0.5, 0.6) is 0 Å². The number of nitrogens with two attached hydrogens (primary N) is 1. The molecule has 3 heterocycles. The maximum absolute atomic E-state index is 13.1. The lowest BCUT2D eigenvalue weighted by molar-refractivity contribution is -0.0399. The summed E-state index contributed by atoms with van der Waals surface area (Å²) in [5.41, 5.74) is 8.36. The van der Waals surface area contributed by atoms with Gasteiger partial charge in [0.2, 0.25) is 0 Å². The highest BCUT2D eigenvalue weighted by atomic mass is 19.1. The zero-order valence-corrected chi connectivity index (χ0v) is 15.5. The summed E-state index contributed by atoms with van der Waals surface area (Å²) in [6.07, 6.45) is 2.19. The molecule has 2 N–H and O–H groups in total. The minimum Gasteiger partial charge on any atom is -0.382 e. The van der Waals surface area contributed by atoms with Crippen LogP contribution in [-0.4, -0.2) is 55.7 Å². The molecule has 5 rings (SSSR count). The third-order valence-corrected chi connectivity index (χ3v) is 5.27. The summed E-state index contributed by atoms with van der Waals surface area (Å²) >= 11 is 0. The van der Waals surface area contributed by atoms with E-state index in [0.29, 0.717) is 36.1 Å². The zero-order valence-electron chi connectivity index (χ0n) is 15.5. The zero-order chi connectivity index (χ0) is 19.1. The molecule has 1 saturated carbocycles. The number of nitrogen functional groups attached to an aromatic ring is 1. The molecule has 2 aliphatic rings. The summed E-state index contributed by atoms with van der Waals surface area (Å²) in [6.45, 7) is 3.56. The van der Waals surface area contributed by atoms with Crippen molar-refractivity contribution in [3.05, 3.63) is 41.5 Å². The maximum Gasteiger partial charge on any atom is 0.184 e. The monoisotopic (exact) mass is 383 g/mol. The van der Waals surface area contributed by atoms with Gasteiger partial charge in [-0.05, 0) is 30.5 Å². The number of rotatable bonds is 5. The Bertz CT molecular complexity index is 986. The molecule has 28 heavy (non-hydrogen) atoms. The smallest absolute Gasteiger partial charge is 0.184 e. The van der Waals surface area contributed by atoms with Gasteiger partial charge in [-0.25, -0.2) is 19.0 Å².